The van der Waals surface area contributed by atoms with Crippen LogP contribution in [-0.2, 0) is 0 Å². The zero-order valence-electron chi connectivity index (χ0n) is 7.56. The van der Waals surface area contributed by atoms with Crippen molar-refractivity contribution in [2.45, 2.75) is 10.3 Å². The van der Waals surface area contributed by atoms with Crippen molar-refractivity contribution in [3.05, 3.63) is 10.7 Å². The number of halogens is 1. The van der Waals surface area contributed by atoms with E-state index in [1.807, 2.05) is 12.5 Å². The van der Waals surface area contributed by atoms with E-state index in [0.717, 1.165) is 20.4 Å². The molecule has 0 aromatic carbocycles. The highest BCUT2D eigenvalue weighted by atomic mass is 79.9. The van der Waals surface area contributed by atoms with Crippen LogP contribution in [0, 0.1) is 0 Å². The van der Waals surface area contributed by atoms with Crippen LogP contribution < -0.4 is 0 Å². The third-order valence-corrected chi connectivity index (χ3v) is 3.38. The third kappa shape index (κ3) is 1.64. The molecule has 14 heavy (non-hydrogen) atoms. The van der Waals surface area contributed by atoms with Crippen molar-refractivity contribution in [1.82, 2.24) is 19.6 Å². The van der Waals surface area contributed by atoms with Crippen molar-refractivity contribution in [3.8, 4) is 0 Å². The third-order valence-electron chi connectivity index (χ3n) is 1.64. The van der Waals surface area contributed by atoms with Crippen LogP contribution in [0.3, 0.4) is 0 Å². The van der Waals surface area contributed by atoms with Crippen LogP contribution in [0.4, 0.5) is 0 Å². The largest absolute Gasteiger partial charge is 0.202 e. The first-order chi connectivity index (χ1) is 6.76. The molecule has 0 aliphatic rings. The summed E-state index contributed by atoms with van der Waals surface area (Å²) in [6.45, 7) is 0. The maximum Gasteiger partial charge on any atom is 0.193 e. The van der Waals surface area contributed by atoms with Gasteiger partial charge < -0.3 is 0 Å². The van der Waals surface area contributed by atoms with Gasteiger partial charge in [0.2, 0.25) is 0 Å². The fourth-order valence-corrected chi connectivity index (χ4v) is 2.28. The second kappa shape index (κ2) is 4.08. The lowest BCUT2D eigenvalue weighted by molar-refractivity contribution is 0.723. The molecule has 0 bridgehead atoms. The Balaban J connectivity index is 2.76. The van der Waals surface area contributed by atoms with Crippen molar-refractivity contribution in [3.63, 3.8) is 0 Å². The molecule has 0 N–H and O–H groups in total. The number of fused-ring (bicyclic) bond motifs is 1. The average molecular weight is 291 g/mol. The van der Waals surface area contributed by atoms with Gasteiger partial charge in [-0.3, -0.25) is 0 Å². The molecule has 0 saturated heterocycles. The number of aromatic nitrogens is 4. The molecule has 2 rings (SSSR count). The van der Waals surface area contributed by atoms with Crippen LogP contribution in [0.15, 0.2) is 21.0 Å². The van der Waals surface area contributed by atoms with Gasteiger partial charge in [-0.1, -0.05) is 23.5 Å². The first-order valence-corrected chi connectivity index (χ1v) is 6.99. The van der Waals surface area contributed by atoms with Crippen LogP contribution in [0.25, 0.3) is 5.65 Å². The van der Waals surface area contributed by atoms with E-state index in [9.17, 15) is 0 Å². The van der Waals surface area contributed by atoms with Gasteiger partial charge in [0.05, 0.1) is 10.7 Å². The summed E-state index contributed by atoms with van der Waals surface area (Å²) >= 11 is 6.49. The van der Waals surface area contributed by atoms with Crippen LogP contribution in [0.1, 0.15) is 0 Å². The quantitative estimate of drug-likeness (QED) is 0.794. The monoisotopic (exact) mass is 290 g/mol. The van der Waals surface area contributed by atoms with Gasteiger partial charge in [-0.05, 0) is 28.4 Å². The van der Waals surface area contributed by atoms with Gasteiger partial charge in [-0.2, -0.15) is 14.6 Å². The minimum absolute atomic E-state index is 0.767. The molecule has 0 fully saturated rings. The maximum atomic E-state index is 4.35. The summed E-state index contributed by atoms with van der Waals surface area (Å²) < 4.78 is 2.62. The predicted molar refractivity (Wildman–Crippen MR) is 62.0 cm³/mol. The van der Waals surface area contributed by atoms with Gasteiger partial charge >= 0.3 is 0 Å². The summed E-state index contributed by atoms with van der Waals surface area (Å²) in [6.07, 6.45) is 5.66. The SMILES string of the molecule is CSc1nc(SC)n2ncc(Br)c2n1. The predicted octanol–water partition coefficient (Wildman–Crippen LogP) is 2.33. The fourth-order valence-electron chi connectivity index (χ4n) is 1.03. The molecule has 0 unspecified atom stereocenters. The van der Waals surface area contributed by atoms with Crippen molar-refractivity contribution in [1.29, 1.82) is 0 Å². The van der Waals surface area contributed by atoms with Gasteiger partial charge in [0, 0.05) is 0 Å². The van der Waals surface area contributed by atoms with E-state index in [0.29, 0.717) is 0 Å². The minimum Gasteiger partial charge on any atom is -0.202 e. The van der Waals surface area contributed by atoms with Crippen molar-refractivity contribution >= 4 is 45.1 Å². The summed E-state index contributed by atoms with van der Waals surface area (Å²) in [5.41, 5.74) is 0.814. The molecule has 2 heterocycles. The summed E-state index contributed by atoms with van der Waals surface area (Å²) in [7, 11) is 0. The first kappa shape index (κ1) is 10.3. The molecule has 7 heteroatoms. The maximum absolute atomic E-state index is 4.35. The molecular weight excluding hydrogens is 284 g/mol. The molecule has 74 valence electrons. The molecule has 0 atom stereocenters. The minimum atomic E-state index is 0.767. The summed E-state index contributed by atoms with van der Waals surface area (Å²) in [5.74, 6) is 0. The Labute approximate surface area is 98.0 Å². The first-order valence-electron chi connectivity index (χ1n) is 3.75. The fraction of sp³-hybridized carbons (Fsp3) is 0.286. The number of hydrogen-bond donors (Lipinski definition) is 0. The molecule has 0 radical (unpaired) electrons. The molecule has 0 amide bonds. The molecule has 0 aliphatic heterocycles. The van der Waals surface area contributed by atoms with Gasteiger partial charge in [0.25, 0.3) is 0 Å². The van der Waals surface area contributed by atoms with Crippen LogP contribution in [0.2, 0.25) is 0 Å². The summed E-state index contributed by atoms with van der Waals surface area (Å²) in [4.78, 5) is 8.70. The second-order valence-corrected chi connectivity index (χ2v) is 4.83. The number of nitrogens with zero attached hydrogens (tertiary/aromatic N) is 4. The second-order valence-electron chi connectivity index (χ2n) is 2.42. The zero-order valence-corrected chi connectivity index (χ0v) is 10.8. The highest BCUT2D eigenvalue weighted by Gasteiger charge is 2.09. The smallest absolute Gasteiger partial charge is 0.193 e. The molecule has 4 nitrogen and oxygen atoms in total. The van der Waals surface area contributed by atoms with E-state index < -0.39 is 0 Å². The Morgan fingerprint density at radius 3 is 2.71 bits per heavy atom. The van der Waals surface area contributed by atoms with Crippen LogP contribution in [0.5, 0.6) is 0 Å². The lowest BCUT2D eigenvalue weighted by Gasteiger charge is -2.01. The van der Waals surface area contributed by atoms with E-state index in [2.05, 4.69) is 31.0 Å². The van der Waals surface area contributed by atoms with Gasteiger partial charge in [0.15, 0.2) is 16.0 Å². The Hall–Kier alpha value is -0.270. The topological polar surface area (TPSA) is 43.1 Å². The summed E-state index contributed by atoms with van der Waals surface area (Å²) in [5, 5.41) is 5.80. The van der Waals surface area contributed by atoms with Crippen molar-refractivity contribution in [2.24, 2.45) is 0 Å². The Morgan fingerprint density at radius 1 is 1.29 bits per heavy atom. The zero-order chi connectivity index (χ0) is 10.1. The van der Waals surface area contributed by atoms with E-state index in [1.165, 1.54) is 11.8 Å². The number of rotatable bonds is 2. The Kier molecular flexibility index (Phi) is 2.99. The highest BCUT2D eigenvalue weighted by molar-refractivity contribution is 9.10. The molecule has 0 aliphatic carbocycles. The number of thioether (sulfide) groups is 2. The molecule has 0 spiro atoms. The van der Waals surface area contributed by atoms with Gasteiger partial charge in [-0.15, -0.1) is 0 Å². The summed E-state index contributed by atoms with van der Waals surface area (Å²) in [6, 6.07) is 0. The van der Waals surface area contributed by atoms with E-state index in [4.69, 9.17) is 0 Å². The van der Waals surface area contributed by atoms with Gasteiger partial charge in [0.1, 0.15) is 0 Å². The molecular formula is C7H7BrN4S2. The lowest BCUT2D eigenvalue weighted by Crippen LogP contribution is -1.99. The van der Waals surface area contributed by atoms with E-state index >= 15 is 0 Å². The molecule has 2 aromatic rings. The van der Waals surface area contributed by atoms with Crippen molar-refractivity contribution in [2.75, 3.05) is 12.5 Å². The number of hydrogen-bond acceptors (Lipinski definition) is 5. The average Bonchev–Trinajstić information content (AvgIpc) is 2.59. The lowest BCUT2D eigenvalue weighted by atomic mass is 10.7. The molecule has 0 saturated carbocycles. The Morgan fingerprint density at radius 2 is 2.07 bits per heavy atom. The highest BCUT2D eigenvalue weighted by Crippen LogP contribution is 2.22. The van der Waals surface area contributed by atoms with E-state index in [-0.39, 0.29) is 0 Å². The van der Waals surface area contributed by atoms with Crippen LogP contribution in [-0.4, -0.2) is 32.1 Å². The Bertz CT molecular complexity index is 470. The van der Waals surface area contributed by atoms with E-state index in [1.54, 1.807) is 22.5 Å². The van der Waals surface area contributed by atoms with Gasteiger partial charge in [-0.25, -0.2) is 4.98 Å². The van der Waals surface area contributed by atoms with Crippen molar-refractivity contribution < 1.29 is 0 Å². The van der Waals surface area contributed by atoms with Crippen LogP contribution >= 0.6 is 39.5 Å². The normalized spacial score (nSPS) is 11.1. The standard InChI is InChI=1S/C7H7BrN4S2/c1-13-6-10-5-4(8)3-9-12(5)7(11-6)14-2/h3H,1-2H3. The molecule has 2 aromatic heterocycles.